The molecule has 2 aromatic rings. The van der Waals surface area contributed by atoms with Gasteiger partial charge in [-0.15, -0.1) is 11.3 Å². The molecule has 5 heteroatoms. The summed E-state index contributed by atoms with van der Waals surface area (Å²) in [5, 5.41) is 21.3. The molecule has 4 N–H and O–H groups in total. The summed E-state index contributed by atoms with van der Waals surface area (Å²) in [7, 11) is -1.39. The van der Waals surface area contributed by atoms with E-state index in [4.69, 9.17) is 15.8 Å². The third-order valence-corrected chi connectivity index (χ3v) is 3.39. The van der Waals surface area contributed by atoms with Gasteiger partial charge in [-0.1, -0.05) is 12.1 Å². The Bertz CT molecular complexity index is 469. The van der Waals surface area contributed by atoms with Crippen LogP contribution in [0.4, 0.5) is 0 Å². The monoisotopic (exact) mass is 221 g/mol. The van der Waals surface area contributed by atoms with Crippen LogP contribution in [0.15, 0.2) is 23.6 Å². The fourth-order valence-corrected chi connectivity index (χ4v) is 2.65. The van der Waals surface area contributed by atoms with Crippen molar-refractivity contribution in [3.05, 3.63) is 29.1 Å². The van der Waals surface area contributed by atoms with Gasteiger partial charge in [0, 0.05) is 4.70 Å². The van der Waals surface area contributed by atoms with E-state index < -0.39 is 7.12 Å². The third kappa shape index (κ3) is 2.05. The molecular weight excluding hydrogens is 209 g/mol. The van der Waals surface area contributed by atoms with Crippen molar-refractivity contribution >= 4 is 34.0 Å². The lowest BCUT2D eigenvalue weighted by Crippen LogP contribution is -2.29. The molecular formula is C10H12BNO2S. The summed E-state index contributed by atoms with van der Waals surface area (Å²) in [6, 6.07) is 5.47. The van der Waals surface area contributed by atoms with E-state index in [0.29, 0.717) is 12.0 Å². The van der Waals surface area contributed by atoms with E-state index in [0.717, 1.165) is 16.5 Å². The van der Waals surface area contributed by atoms with E-state index in [1.165, 1.54) is 5.56 Å². The molecule has 0 aliphatic carbocycles. The molecule has 0 saturated heterocycles. The van der Waals surface area contributed by atoms with Gasteiger partial charge in [-0.25, -0.2) is 0 Å². The molecule has 0 aliphatic rings. The van der Waals surface area contributed by atoms with Crippen molar-refractivity contribution in [1.29, 1.82) is 0 Å². The van der Waals surface area contributed by atoms with Crippen LogP contribution >= 0.6 is 11.3 Å². The van der Waals surface area contributed by atoms with Gasteiger partial charge in [0.1, 0.15) is 0 Å². The lowest BCUT2D eigenvalue weighted by Gasteiger charge is -2.00. The molecule has 3 nitrogen and oxygen atoms in total. The van der Waals surface area contributed by atoms with Crippen LogP contribution in [0.25, 0.3) is 10.1 Å². The van der Waals surface area contributed by atoms with Gasteiger partial charge < -0.3 is 15.8 Å². The standard InChI is InChI=1S/C10H12BNO2S/c12-4-3-7-6-15-10-5-8(11(13)14)1-2-9(7)10/h1-2,5-6,13-14H,3-4,12H2. The summed E-state index contributed by atoms with van der Waals surface area (Å²) in [5.41, 5.74) is 7.28. The Morgan fingerprint density at radius 2 is 2.13 bits per heavy atom. The number of hydrogen-bond acceptors (Lipinski definition) is 4. The first-order chi connectivity index (χ1) is 7.22. The van der Waals surface area contributed by atoms with Crippen LogP contribution in [0, 0.1) is 0 Å². The van der Waals surface area contributed by atoms with Crippen LogP contribution in [-0.4, -0.2) is 23.7 Å². The molecule has 78 valence electrons. The molecule has 15 heavy (non-hydrogen) atoms. The fraction of sp³-hybridized carbons (Fsp3) is 0.200. The molecule has 0 atom stereocenters. The number of benzene rings is 1. The zero-order valence-corrected chi connectivity index (χ0v) is 9.00. The number of fused-ring (bicyclic) bond motifs is 1. The lowest BCUT2D eigenvalue weighted by molar-refractivity contribution is 0.426. The van der Waals surface area contributed by atoms with Gasteiger partial charge in [-0.2, -0.15) is 0 Å². The summed E-state index contributed by atoms with van der Waals surface area (Å²) < 4.78 is 1.07. The molecule has 0 spiro atoms. The minimum absolute atomic E-state index is 0.531. The first-order valence-electron chi connectivity index (χ1n) is 4.78. The molecule has 1 heterocycles. The van der Waals surface area contributed by atoms with Crippen molar-refractivity contribution in [1.82, 2.24) is 0 Å². The van der Waals surface area contributed by atoms with E-state index in [-0.39, 0.29) is 0 Å². The van der Waals surface area contributed by atoms with Crippen LogP contribution in [0.5, 0.6) is 0 Å². The maximum atomic E-state index is 9.03. The maximum absolute atomic E-state index is 9.03. The normalized spacial score (nSPS) is 10.9. The molecule has 0 saturated carbocycles. The molecule has 0 unspecified atom stereocenters. The Hall–Kier alpha value is -0.875. The molecule has 2 rings (SSSR count). The summed E-state index contributed by atoms with van der Waals surface area (Å²) in [5.74, 6) is 0. The van der Waals surface area contributed by atoms with Crippen LogP contribution in [0.1, 0.15) is 5.56 Å². The Morgan fingerprint density at radius 3 is 2.80 bits per heavy atom. The zero-order chi connectivity index (χ0) is 10.8. The average molecular weight is 221 g/mol. The number of thiophene rings is 1. The van der Waals surface area contributed by atoms with Crippen molar-refractivity contribution in [2.24, 2.45) is 5.73 Å². The SMILES string of the molecule is NCCc1csc2cc(B(O)O)ccc12. The summed E-state index contributed by atoms with van der Waals surface area (Å²) in [6.07, 6.45) is 0.862. The fourth-order valence-electron chi connectivity index (χ4n) is 1.61. The van der Waals surface area contributed by atoms with Gasteiger partial charge in [0.25, 0.3) is 0 Å². The molecule has 0 amide bonds. The molecule has 0 fully saturated rings. The van der Waals surface area contributed by atoms with Gasteiger partial charge in [0.15, 0.2) is 0 Å². The predicted molar refractivity (Wildman–Crippen MR) is 64.4 cm³/mol. The first kappa shape index (κ1) is 10.6. The molecule has 0 bridgehead atoms. The van der Waals surface area contributed by atoms with E-state index in [1.807, 2.05) is 12.1 Å². The smallest absolute Gasteiger partial charge is 0.423 e. The van der Waals surface area contributed by atoms with Gasteiger partial charge in [0.05, 0.1) is 0 Å². The number of hydrogen-bond donors (Lipinski definition) is 3. The summed E-state index contributed by atoms with van der Waals surface area (Å²) >= 11 is 1.61. The minimum atomic E-state index is -1.39. The van der Waals surface area contributed by atoms with E-state index in [1.54, 1.807) is 17.4 Å². The van der Waals surface area contributed by atoms with Crippen molar-refractivity contribution in [3.8, 4) is 0 Å². The topological polar surface area (TPSA) is 66.5 Å². The number of nitrogens with two attached hydrogens (primary N) is 1. The molecule has 1 aromatic heterocycles. The Morgan fingerprint density at radius 1 is 1.33 bits per heavy atom. The Labute approximate surface area is 92.3 Å². The summed E-state index contributed by atoms with van der Waals surface area (Å²) in [4.78, 5) is 0. The van der Waals surface area contributed by atoms with Crippen molar-refractivity contribution in [2.45, 2.75) is 6.42 Å². The van der Waals surface area contributed by atoms with Crippen LogP contribution in [0.3, 0.4) is 0 Å². The van der Waals surface area contributed by atoms with Crippen LogP contribution in [0.2, 0.25) is 0 Å². The Kier molecular flexibility index (Phi) is 3.07. The number of rotatable bonds is 3. The predicted octanol–water partition coefficient (Wildman–Crippen LogP) is 0.0823. The second-order valence-electron chi connectivity index (χ2n) is 3.43. The lowest BCUT2D eigenvalue weighted by atomic mass is 9.80. The second-order valence-corrected chi connectivity index (χ2v) is 4.34. The maximum Gasteiger partial charge on any atom is 0.488 e. The highest BCUT2D eigenvalue weighted by Crippen LogP contribution is 2.25. The third-order valence-electron chi connectivity index (χ3n) is 2.39. The molecule has 1 aromatic carbocycles. The quantitative estimate of drug-likeness (QED) is 0.643. The van der Waals surface area contributed by atoms with Crippen molar-refractivity contribution < 1.29 is 10.0 Å². The van der Waals surface area contributed by atoms with Crippen LogP contribution < -0.4 is 11.2 Å². The highest BCUT2D eigenvalue weighted by molar-refractivity contribution is 7.17. The van der Waals surface area contributed by atoms with Crippen molar-refractivity contribution in [3.63, 3.8) is 0 Å². The van der Waals surface area contributed by atoms with Gasteiger partial charge in [0.2, 0.25) is 0 Å². The van der Waals surface area contributed by atoms with Gasteiger partial charge >= 0.3 is 7.12 Å². The second kappa shape index (κ2) is 4.32. The summed E-state index contributed by atoms with van der Waals surface area (Å²) in [6.45, 7) is 0.635. The first-order valence-corrected chi connectivity index (χ1v) is 5.66. The van der Waals surface area contributed by atoms with E-state index >= 15 is 0 Å². The molecule has 0 radical (unpaired) electrons. The molecule has 0 aliphatic heterocycles. The van der Waals surface area contributed by atoms with E-state index in [9.17, 15) is 0 Å². The van der Waals surface area contributed by atoms with Gasteiger partial charge in [-0.3, -0.25) is 0 Å². The highest BCUT2D eigenvalue weighted by Gasteiger charge is 2.12. The Balaban J connectivity index is 2.47. The van der Waals surface area contributed by atoms with Crippen molar-refractivity contribution in [2.75, 3.05) is 6.54 Å². The zero-order valence-electron chi connectivity index (χ0n) is 8.18. The van der Waals surface area contributed by atoms with Crippen LogP contribution in [-0.2, 0) is 6.42 Å². The largest absolute Gasteiger partial charge is 0.488 e. The highest BCUT2D eigenvalue weighted by atomic mass is 32.1. The minimum Gasteiger partial charge on any atom is -0.423 e. The van der Waals surface area contributed by atoms with Gasteiger partial charge in [-0.05, 0) is 40.8 Å². The average Bonchev–Trinajstić information content (AvgIpc) is 2.61. The van der Waals surface area contributed by atoms with E-state index in [2.05, 4.69) is 5.38 Å².